The number of rotatable bonds is 15. The third-order valence-electron chi connectivity index (χ3n) is 3.55. The summed E-state index contributed by atoms with van der Waals surface area (Å²) in [5, 5.41) is 0. The van der Waals surface area contributed by atoms with Crippen molar-refractivity contribution in [2.75, 3.05) is 12.4 Å². The van der Waals surface area contributed by atoms with Gasteiger partial charge in [0.1, 0.15) is 0 Å². The third kappa shape index (κ3) is 27.7. The van der Waals surface area contributed by atoms with Gasteiger partial charge in [0.2, 0.25) is 0 Å². The fourth-order valence-corrected chi connectivity index (χ4v) is 6.27. The van der Waals surface area contributed by atoms with Gasteiger partial charge in [0, 0.05) is 0 Å². The van der Waals surface area contributed by atoms with Crippen molar-refractivity contribution in [3.63, 3.8) is 0 Å². The van der Waals surface area contributed by atoms with Gasteiger partial charge in [-0.2, -0.15) is 12.6 Å². The first kappa shape index (κ1) is 25.9. The van der Waals surface area contributed by atoms with Crippen LogP contribution in [-0.2, 0) is 9.53 Å². The molecule has 0 aliphatic heterocycles. The maximum atomic E-state index is 10.7. The van der Waals surface area contributed by atoms with Crippen molar-refractivity contribution >= 4 is 39.7 Å². The normalized spacial score (nSPS) is 10.1. The molecule has 0 aromatic carbocycles. The van der Waals surface area contributed by atoms with Gasteiger partial charge in [-0.3, -0.25) is 4.79 Å². The Bertz CT molecular complexity index is 219. The van der Waals surface area contributed by atoms with Crippen LogP contribution in [0.1, 0.15) is 91.4 Å². The summed E-state index contributed by atoms with van der Waals surface area (Å²) in [6, 6.07) is 0. The summed E-state index contributed by atoms with van der Waals surface area (Å²) in [6.07, 6.45) is 14.6. The van der Waals surface area contributed by atoms with Crippen LogP contribution in [0.5, 0.6) is 0 Å². The summed E-state index contributed by atoms with van der Waals surface area (Å²) in [5.41, 5.74) is 0. The molecule has 0 rings (SSSR count). The van der Waals surface area contributed by atoms with Crippen molar-refractivity contribution in [2.24, 2.45) is 0 Å². The summed E-state index contributed by atoms with van der Waals surface area (Å²) in [5.74, 6) is -0.0180. The predicted molar refractivity (Wildman–Crippen MR) is 108 cm³/mol. The molecule has 0 saturated carbocycles. The summed E-state index contributed by atoms with van der Waals surface area (Å²) < 4.78 is 8.15. The molecule has 0 spiro atoms. The molecule has 0 unspecified atom stereocenters. The Morgan fingerprint density at radius 1 is 0.783 bits per heavy atom. The third-order valence-corrected chi connectivity index (χ3v) is 7.85. The van der Waals surface area contributed by atoms with E-state index in [0.29, 0.717) is 6.61 Å². The van der Waals surface area contributed by atoms with Crippen LogP contribution in [0, 0.1) is 0 Å². The van der Waals surface area contributed by atoms with Crippen LogP contribution in [0.2, 0.25) is 8.87 Å². The number of unbranched alkanes of at least 4 members (excludes halogenated alkanes) is 8. The predicted octanol–water partition coefficient (Wildman–Crippen LogP) is 6.34. The van der Waals surface area contributed by atoms with Gasteiger partial charge in [-0.15, -0.1) is 0 Å². The minimum absolute atomic E-state index is 0.149. The number of ether oxygens (including phenoxy) is 1. The standard InChI is InChI=1S/C11H22O2S.2C4H9.Sn/c1-2-3-4-5-6-7-8-9-13-11(12)10-14;2*1-3-4-2;/h14H,2-10H2,1H3;2*1,3-4H2,2H3;. The molecule has 0 saturated heterocycles. The molecule has 0 aliphatic rings. The molecule has 0 aliphatic carbocycles. The van der Waals surface area contributed by atoms with Gasteiger partial charge in [0.15, 0.2) is 0 Å². The van der Waals surface area contributed by atoms with Crippen molar-refractivity contribution < 1.29 is 9.53 Å². The minimum atomic E-state index is -0.209. The molecule has 0 bridgehead atoms. The van der Waals surface area contributed by atoms with Crippen molar-refractivity contribution in [3.8, 4) is 0 Å². The van der Waals surface area contributed by atoms with Crippen LogP contribution in [0.25, 0.3) is 0 Å². The van der Waals surface area contributed by atoms with E-state index in [-0.39, 0.29) is 32.9 Å². The molecule has 2 nitrogen and oxygen atoms in total. The first-order valence-electron chi connectivity index (χ1n) is 9.70. The number of hydrogen-bond donors (Lipinski definition) is 1. The Hall–Kier alpha value is 0.619. The van der Waals surface area contributed by atoms with E-state index in [1.165, 1.54) is 64.2 Å². The molecule has 0 N–H and O–H groups in total. The van der Waals surface area contributed by atoms with Gasteiger partial charge >= 0.3 is 75.5 Å². The molecular formula is C19H40O2SSn. The molecule has 0 fully saturated rings. The van der Waals surface area contributed by atoms with Crippen LogP contribution in [0.4, 0.5) is 0 Å². The zero-order valence-corrected chi connectivity index (χ0v) is 19.6. The molecule has 0 aromatic rings. The quantitative estimate of drug-likeness (QED) is 0.136. The van der Waals surface area contributed by atoms with Crippen LogP contribution < -0.4 is 0 Å². The van der Waals surface area contributed by atoms with Crippen molar-refractivity contribution in [2.45, 2.75) is 100 Å². The van der Waals surface area contributed by atoms with E-state index in [4.69, 9.17) is 4.74 Å². The Kier molecular flexibility index (Phi) is 28.0. The fourth-order valence-electron chi connectivity index (χ4n) is 2.02. The van der Waals surface area contributed by atoms with Crippen LogP contribution >= 0.6 is 12.6 Å². The maximum absolute atomic E-state index is 10.7. The summed E-state index contributed by atoms with van der Waals surface area (Å²) in [6.45, 7) is 7.36. The zero-order chi connectivity index (χ0) is 17.6. The topological polar surface area (TPSA) is 26.3 Å². The van der Waals surface area contributed by atoms with E-state index in [1.54, 1.807) is 8.87 Å². The van der Waals surface area contributed by atoms with E-state index in [2.05, 4.69) is 33.4 Å². The van der Waals surface area contributed by atoms with Gasteiger partial charge in [-0.1, -0.05) is 45.4 Å². The Labute approximate surface area is 161 Å². The van der Waals surface area contributed by atoms with Crippen molar-refractivity contribution in [1.82, 2.24) is 0 Å². The van der Waals surface area contributed by atoms with Crippen LogP contribution in [-0.4, -0.2) is 39.5 Å². The molecule has 4 heteroatoms. The summed E-state index contributed by atoms with van der Waals surface area (Å²) in [4.78, 5) is 10.7. The first-order valence-corrected chi connectivity index (χ1v) is 14.4. The molecule has 0 amide bonds. The number of thiol groups is 1. The van der Waals surface area contributed by atoms with Crippen molar-refractivity contribution in [3.05, 3.63) is 0 Å². The molecule has 138 valence electrons. The van der Waals surface area contributed by atoms with Gasteiger partial charge in [0.05, 0.1) is 12.4 Å². The van der Waals surface area contributed by atoms with Gasteiger partial charge in [-0.25, -0.2) is 0 Å². The zero-order valence-electron chi connectivity index (χ0n) is 15.9. The first-order chi connectivity index (χ1) is 11.2. The molecule has 23 heavy (non-hydrogen) atoms. The number of esters is 1. The second-order valence-corrected chi connectivity index (χ2v) is 10.6. The van der Waals surface area contributed by atoms with Crippen LogP contribution in [0.15, 0.2) is 0 Å². The number of carbonyl (C=O) groups excluding carboxylic acids is 1. The average Bonchev–Trinajstić information content (AvgIpc) is 2.57. The molecule has 0 aromatic heterocycles. The molecular weight excluding hydrogens is 411 g/mol. The van der Waals surface area contributed by atoms with E-state index in [9.17, 15) is 4.79 Å². The van der Waals surface area contributed by atoms with Gasteiger partial charge in [-0.05, 0) is 6.42 Å². The monoisotopic (exact) mass is 452 g/mol. The van der Waals surface area contributed by atoms with Gasteiger partial charge in [0.25, 0.3) is 0 Å². The number of hydrogen-bond acceptors (Lipinski definition) is 3. The van der Waals surface area contributed by atoms with Crippen molar-refractivity contribution in [1.29, 1.82) is 0 Å². The van der Waals surface area contributed by atoms with Gasteiger partial charge < -0.3 is 4.74 Å². The van der Waals surface area contributed by atoms with E-state index in [0.717, 1.165) is 6.42 Å². The average molecular weight is 451 g/mol. The Balaban J connectivity index is 0. The SMILES string of the molecule is CCCCCCCCCOC(=O)CS.CCC[CH2][Sn][CH2]CCC. The summed E-state index contributed by atoms with van der Waals surface area (Å²) >= 11 is 3.97. The molecule has 0 heterocycles. The Morgan fingerprint density at radius 3 is 1.74 bits per heavy atom. The van der Waals surface area contributed by atoms with E-state index < -0.39 is 0 Å². The fraction of sp³-hybridized carbons (Fsp3) is 0.947. The molecule has 0 atom stereocenters. The number of carbonyl (C=O) groups is 1. The van der Waals surface area contributed by atoms with E-state index in [1.807, 2.05) is 0 Å². The van der Waals surface area contributed by atoms with Crippen LogP contribution in [0.3, 0.4) is 0 Å². The van der Waals surface area contributed by atoms with E-state index >= 15 is 0 Å². The second kappa shape index (κ2) is 24.9. The summed E-state index contributed by atoms with van der Waals surface area (Å²) in [7, 11) is 0. The molecule has 2 radical (unpaired) electrons. The second-order valence-electron chi connectivity index (χ2n) is 5.96. The Morgan fingerprint density at radius 2 is 1.26 bits per heavy atom.